The van der Waals surface area contributed by atoms with Crippen molar-refractivity contribution in [2.45, 2.75) is 38.1 Å². The molecule has 0 aromatic carbocycles. The number of nitrogens with zero attached hydrogens (tertiary/aromatic N) is 2. The standard InChI is InChI=1S/C13H24N2O2/c1-14(8-11-5-6-11)13(17)9-15-7-3-2-4-12(15)10-16/h11-12,16H,2-10H2,1H3. The second-order valence-corrected chi connectivity index (χ2v) is 5.52. The number of hydrogen-bond acceptors (Lipinski definition) is 3. The molecule has 1 aliphatic carbocycles. The van der Waals surface area contributed by atoms with Gasteiger partial charge in [0.15, 0.2) is 0 Å². The molecule has 17 heavy (non-hydrogen) atoms. The molecule has 1 N–H and O–H groups in total. The first-order valence-corrected chi connectivity index (χ1v) is 6.79. The number of amides is 1. The van der Waals surface area contributed by atoms with Crippen LogP contribution in [0.2, 0.25) is 0 Å². The van der Waals surface area contributed by atoms with Crippen molar-refractivity contribution < 1.29 is 9.90 Å². The highest BCUT2D eigenvalue weighted by atomic mass is 16.3. The van der Waals surface area contributed by atoms with Crippen LogP contribution < -0.4 is 0 Å². The van der Waals surface area contributed by atoms with Crippen LogP contribution in [0.3, 0.4) is 0 Å². The SMILES string of the molecule is CN(CC1CC1)C(=O)CN1CCCCC1CO. The number of carbonyl (C=O) groups excluding carboxylic acids is 1. The van der Waals surface area contributed by atoms with E-state index in [-0.39, 0.29) is 18.6 Å². The maximum atomic E-state index is 12.0. The van der Waals surface area contributed by atoms with Crippen molar-refractivity contribution in [3.63, 3.8) is 0 Å². The number of piperidine rings is 1. The van der Waals surface area contributed by atoms with Crippen molar-refractivity contribution in [2.24, 2.45) is 5.92 Å². The number of rotatable bonds is 5. The van der Waals surface area contributed by atoms with E-state index in [2.05, 4.69) is 4.90 Å². The summed E-state index contributed by atoms with van der Waals surface area (Å²) in [7, 11) is 1.90. The zero-order valence-corrected chi connectivity index (χ0v) is 10.8. The summed E-state index contributed by atoms with van der Waals surface area (Å²) in [5.74, 6) is 0.955. The average Bonchev–Trinajstić information content (AvgIpc) is 3.13. The summed E-state index contributed by atoms with van der Waals surface area (Å²) in [6.07, 6.45) is 5.90. The number of hydrogen-bond donors (Lipinski definition) is 1. The summed E-state index contributed by atoms with van der Waals surface area (Å²) in [5, 5.41) is 9.30. The van der Waals surface area contributed by atoms with Crippen LogP contribution in [0.1, 0.15) is 32.1 Å². The van der Waals surface area contributed by atoms with Gasteiger partial charge in [0.25, 0.3) is 0 Å². The Kier molecular flexibility index (Phi) is 4.40. The molecule has 0 aromatic heterocycles. The topological polar surface area (TPSA) is 43.8 Å². The van der Waals surface area contributed by atoms with Crippen molar-refractivity contribution in [1.82, 2.24) is 9.80 Å². The van der Waals surface area contributed by atoms with Gasteiger partial charge in [-0.3, -0.25) is 9.69 Å². The van der Waals surface area contributed by atoms with Crippen molar-refractivity contribution in [3.8, 4) is 0 Å². The predicted octanol–water partition coefficient (Wildman–Crippen LogP) is 0.702. The molecule has 1 amide bonds. The fraction of sp³-hybridized carbons (Fsp3) is 0.923. The highest BCUT2D eigenvalue weighted by molar-refractivity contribution is 5.78. The number of carbonyl (C=O) groups is 1. The summed E-state index contributed by atoms with van der Waals surface area (Å²) >= 11 is 0. The number of likely N-dealkylation sites (N-methyl/N-ethyl adjacent to an activating group) is 1. The maximum Gasteiger partial charge on any atom is 0.236 e. The molecule has 0 radical (unpaired) electrons. The van der Waals surface area contributed by atoms with Crippen LogP contribution in [-0.4, -0.2) is 60.1 Å². The third-order valence-electron chi connectivity index (χ3n) is 3.95. The second-order valence-electron chi connectivity index (χ2n) is 5.52. The Balaban J connectivity index is 1.78. The fourth-order valence-electron chi connectivity index (χ4n) is 2.56. The molecular weight excluding hydrogens is 216 g/mol. The van der Waals surface area contributed by atoms with E-state index in [0.29, 0.717) is 6.54 Å². The van der Waals surface area contributed by atoms with Gasteiger partial charge in [0.2, 0.25) is 5.91 Å². The molecule has 2 fully saturated rings. The largest absolute Gasteiger partial charge is 0.395 e. The Morgan fingerprint density at radius 1 is 1.35 bits per heavy atom. The van der Waals surface area contributed by atoms with Gasteiger partial charge in [-0.25, -0.2) is 0 Å². The minimum absolute atomic E-state index is 0.180. The molecular formula is C13H24N2O2. The molecule has 0 aromatic rings. The fourth-order valence-corrected chi connectivity index (χ4v) is 2.56. The Hall–Kier alpha value is -0.610. The monoisotopic (exact) mass is 240 g/mol. The lowest BCUT2D eigenvalue weighted by Gasteiger charge is -2.34. The lowest BCUT2D eigenvalue weighted by molar-refractivity contribution is -0.132. The van der Waals surface area contributed by atoms with Gasteiger partial charge in [-0.15, -0.1) is 0 Å². The van der Waals surface area contributed by atoms with Gasteiger partial charge in [-0.1, -0.05) is 6.42 Å². The molecule has 0 spiro atoms. The lowest BCUT2D eigenvalue weighted by atomic mass is 10.0. The van der Waals surface area contributed by atoms with Crippen LogP contribution in [-0.2, 0) is 4.79 Å². The first-order valence-electron chi connectivity index (χ1n) is 6.79. The normalized spacial score (nSPS) is 25.9. The first-order chi connectivity index (χ1) is 8.20. The highest BCUT2D eigenvalue weighted by Crippen LogP contribution is 2.29. The zero-order valence-electron chi connectivity index (χ0n) is 10.8. The van der Waals surface area contributed by atoms with E-state index in [4.69, 9.17) is 0 Å². The van der Waals surface area contributed by atoms with E-state index >= 15 is 0 Å². The smallest absolute Gasteiger partial charge is 0.236 e. The zero-order chi connectivity index (χ0) is 12.3. The molecule has 4 heteroatoms. The van der Waals surface area contributed by atoms with Gasteiger partial charge in [-0.2, -0.15) is 0 Å². The van der Waals surface area contributed by atoms with Crippen LogP contribution in [0.4, 0.5) is 0 Å². The lowest BCUT2D eigenvalue weighted by Crippen LogP contribution is -2.47. The second kappa shape index (κ2) is 5.83. The molecule has 1 saturated heterocycles. The molecule has 1 saturated carbocycles. The molecule has 0 bridgehead atoms. The minimum Gasteiger partial charge on any atom is -0.395 e. The van der Waals surface area contributed by atoms with E-state index in [1.807, 2.05) is 11.9 Å². The number of aliphatic hydroxyl groups is 1. The van der Waals surface area contributed by atoms with E-state index in [0.717, 1.165) is 31.8 Å². The van der Waals surface area contributed by atoms with Crippen molar-refractivity contribution in [1.29, 1.82) is 0 Å². The van der Waals surface area contributed by atoms with Gasteiger partial charge in [0.05, 0.1) is 13.2 Å². The minimum atomic E-state index is 0.180. The maximum absolute atomic E-state index is 12.0. The summed E-state index contributed by atoms with van der Waals surface area (Å²) < 4.78 is 0. The van der Waals surface area contributed by atoms with Crippen LogP contribution >= 0.6 is 0 Å². The molecule has 1 heterocycles. The molecule has 4 nitrogen and oxygen atoms in total. The number of aliphatic hydroxyl groups excluding tert-OH is 1. The van der Waals surface area contributed by atoms with Crippen molar-refractivity contribution in [2.75, 3.05) is 33.3 Å². The van der Waals surface area contributed by atoms with E-state index in [1.165, 1.54) is 19.3 Å². The van der Waals surface area contributed by atoms with Crippen molar-refractivity contribution in [3.05, 3.63) is 0 Å². The summed E-state index contributed by atoms with van der Waals surface area (Å²) in [5.41, 5.74) is 0. The van der Waals surface area contributed by atoms with Crippen LogP contribution in [0, 0.1) is 5.92 Å². The highest BCUT2D eigenvalue weighted by Gasteiger charge is 2.28. The third-order valence-corrected chi connectivity index (χ3v) is 3.95. The predicted molar refractivity (Wildman–Crippen MR) is 66.7 cm³/mol. The van der Waals surface area contributed by atoms with Gasteiger partial charge in [0, 0.05) is 19.6 Å². The van der Waals surface area contributed by atoms with Crippen LogP contribution in [0.25, 0.3) is 0 Å². The van der Waals surface area contributed by atoms with E-state index < -0.39 is 0 Å². The molecule has 1 atom stereocenters. The van der Waals surface area contributed by atoms with Crippen LogP contribution in [0.15, 0.2) is 0 Å². The quantitative estimate of drug-likeness (QED) is 0.769. The molecule has 2 rings (SSSR count). The molecule has 2 aliphatic rings. The van der Waals surface area contributed by atoms with Gasteiger partial charge >= 0.3 is 0 Å². The Bertz CT molecular complexity index is 266. The summed E-state index contributed by atoms with van der Waals surface area (Å²) in [6.45, 7) is 2.53. The van der Waals surface area contributed by atoms with Gasteiger partial charge < -0.3 is 10.0 Å². The summed E-state index contributed by atoms with van der Waals surface area (Å²) in [4.78, 5) is 16.0. The Labute approximate surface area is 104 Å². The Morgan fingerprint density at radius 3 is 2.76 bits per heavy atom. The van der Waals surface area contributed by atoms with Gasteiger partial charge in [-0.05, 0) is 38.1 Å². The van der Waals surface area contributed by atoms with Gasteiger partial charge in [0.1, 0.15) is 0 Å². The van der Waals surface area contributed by atoms with E-state index in [9.17, 15) is 9.90 Å². The third kappa shape index (κ3) is 3.68. The first kappa shape index (κ1) is 12.8. The molecule has 1 unspecified atom stereocenters. The molecule has 98 valence electrons. The van der Waals surface area contributed by atoms with Crippen LogP contribution in [0.5, 0.6) is 0 Å². The molecule has 1 aliphatic heterocycles. The average molecular weight is 240 g/mol. The number of likely N-dealkylation sites (tertiary alicyclic amines) is 1. The Morgan fingerprint density at radius 2 is 2.12 bits per heavy atom. The summed E-state index contributed by atoms with van der Waals surface area (Å²) in [6, 6.07) is 0.196. The van der Waals surface area contributed by atoms with Crippen molar-refractivity contribution >= 4 is 5.91 Å². The van der Waals surface area contributed by atoms with E-state index in [1.54, 1.807) is 0 Å².